The maximum absolute atomic E-state index is 12.6. The van der Waals surface area contributed by atoms with Gasteiger partial charge in [-0.1, -0.05) is 11.6 Å². The third-order valence-electron chi connectivity index (χ3n) is 4.80. The van der Waals surface area contributed by atoms with E-state index in [1.54, 1.807) is 4.90 Å². The zero-order valence-corrected chi connectivity index (χ0v) is 13.6. The highest BCUT2D eigenvalue weighted by Gasteiger charge is 2.42. The standard InChI is InChI=1S/C15H22N2O4S/c1-11-3-2-5-16(8-11)15(19)12-7-14(18)17(9-12)13-4-6-22(20,21)10-13/h3,12-13H,2,4-10H2,1H3/t12-,13-/m0/s1. The largest absolute Gasteiger partial charge is 0.338 e. The van der Waals surface area contributed by atoms with Crippen LogP contribution in [0.2, 0.25) is 0 Å². The Labute approximate surface area is 131 Å². The van der Waals surface area contributed by atoms with Crippen LogP contribution in [0, 0.1) is 5.92 Å². The van der Waals surface area contributed by atoms with Crippen molar-refractivity contribution in [3.05, 3.63) is 11.6 Å². The van der Waals surface area contributed by atoms with Gasteiger partial charge in [0.2, 0.25) is 11.8 Å². The second kappa shape index (κ2) is 5.68. The van der Waals surface area contributed by atoms with E-state index in [2.05, 4.69) is 6.08 Å². The van der Waals surface area contributed by atoms with Crippen molar-refractivity contribution in [2.45, 2.75) is 32.2 Å². The van der Waals surface area contributed by atoms with Crippen LogP contribution in [-0.4, -0.2) is 67.2 Å². The van der Waals surface area contributed by atoms with Crippen molar-refractivity contribution < 1.29 is 18.0 Å². The van der Waals surface area contributed by atoms with Crippen LogP contribution in [0.25, 0.3) is 0 Å². The van der Waals surface area contributed by atoms with Crippen molar-refractivity contribution in [1.82, 2.24) is 9.80 Å². The molecule has 0 N–H and O–H groups in total. The molecule has 2 saturated heterocycles. The molecule has 0 radical (unpaired) electrons. The summed E-state index contributed by atoms with van der Waals surface area (Å²) in [7, 11) is -3.02. The monoisotopic (exact) mass is 326 g/mol. The van der Waals surface area contributed by atoms with E-state index in [9.17, 15) is 18.0 Å². The van der Waals surface area contributed by atoms with Crippen LogP contribution in [0.4, 0.5) is 0 Å². The zero-order valence-electron chi connectivity index (χ0n) is 12.8. The number of hydrogen-bond donors (Lipinski definition) is 0. The van der Waals surface area contributed by atoms with Gasteiger partial charge in [0.1, 0.15) is 0 Å². The molecule has 22 heavy (non-hydrogen) atoms. The molecule has 122 valence electrons. The van der Waals surface area contributed by atoms with Gasteiger partial charge >= 0.3 is 0 Å². The number of carbonyl (C=O) groups excluding carboxylic acids is 2. The number of carbonyl (C=O) groups is 2. The highest BCUT2D eigenvalue weighted by molar-refractivity contribution is 7.91. The Bertz CT molecular complexity index is 625. The molecule has 0 bridgehead atoms. The molecule has 3 heterocycles. The third-order valence-corrected chi connectivity index (χ3v) is 6.55. The van der Waals surface area contributed by atoms with Crippen molar-refractivity contribution in [3.63, 3.8) is 0 Å². The van der Waals surface area contributed by atoms with E-state index in [4.69, 9.17) is 0 Å². The molecule has 0 aromatic carbocycles. The Morgan fingerprint density at radius 1 is 1.36 bits per heavy atom. The molecule has 2 atom stereocenters. The van der Waals surface area contributed by atoms with E-state index in [1.807, 2.05) is 11.8 Å². The summed E-state index contributed by atoms with van der Waals surface area (Å²) >= 11 is 0. The molecule has 0 aromatic rings. The molecule has 3 aliphatic heterocycles. The Kier molecular flexibility index (Phi) is 4.01. The minimum absolute atomic E-state index is 0.0316. The van der Waals surface area contributed by atoms with E-state index < -0.39 is 9.84 Å². The fourth-order valence-corrected chi connectivity index (χ4v) is 5.36. The highest BCUT2D eigenvalue weighted by atomic mass is 32.2. The second-order valence-corrected chi connectivity index (χ2v) is 8.83. The second-order valence-electron chi connectivity index (χ2n) is 6.60. The number of nitrogens with zero attached hydrogens (tertiary/aromatic N) is 2. The summed E-state index contributed by atoms with van der Waals surface area (Å²) in [5, 5.41) is 0. The Hall–Kier alpha value is -1.37. The zero-order chi connectivity index (χ0) is 15.9. The summed E-state index contributed by atoms with van der Waals surface area (Å²) in [6, 6.07) is -0.238. The van der Waals surface area contributed by atoms with Gasteiger partial charge in [0, 0.05) is 32.1 Å². The van der Waals surface area contributed by atoms with Gasteiger partial charge in [0.25, 0.3) is 0 Å². The van der Waals surface area contributed by atoms with Crippen LogP contribution in [0.3, 0.4) is 0 Å². The van der Waals surface area contributed by atoms with Crippen LogP contribution in [-0.2, 0) is 19.4 Å². The highest BCUT2D eigenvalue weighted by Crippen LogP contribution is 2.27. The van der Waals surface area contributed by atoms with E-state index in [-0.39, 0.29) is 41.7 Å². The fourth-order valence-electron chi connectivity index (χ4n) is 3.63. The van der Waals surface area contributed by atoms with Gasteiger partial charge in [-0.2, -0.15) is 0 Å². The Morgan fingerprint density at radius 2 is 2.14 bits per heavy atom. The van der Waals surface area contributed by atoms with E-state index in [0.717, 1.165) is 6.42 Å². The molecule has 0 unspecified atom stereocenters. The minimum atomic E-state index is -3.02. The van der Waals surface area contributed by atoms with Gasteiger partial charge in [-0.3, -0.25) is 9.59 Å². The predicted molar refractivity (Wildman–Crippen MR) is 81.8 cm³/mol. The first-order valence-corrected chi connectivity index (χ1v) is 9.62. The molecule has 6 nitrogen and oxygen atoms in total. The molecule has 0 spiro atoms. The van der Waals surface area contributed by atoms with Crippen molar-refractivity contribution in [2.75, 3.05) is 31.1 Å². The lowest BCUT2D eigenvalue weighted by Crippen LogP contribution is -2.42. The summed E-state index contributed by atoms with van der Waals surface area (Å²) in [6.07, 6.45) is 3.72. The summed E-state index contributed by atoms with van der Waals surface area (Å²) in [5.74, 6) is -0.169. The van der Waals surface area contributed by atoms with E-state index in [0.29, 0.717) is 26.1 Å². The lowest BCUT2D eigenvalue weighted by Gasteiger charge is -2.29. The predicted octanol–water partition coefficient (Wildman–Crippen LogP) is 0.201. The molecule has 2 amide bonds. The van der Waals surface area contributed by atoms with Crippen molar-refractivity contribution in [2.24, 2.45) is 5.92 Å². The molecule has 0 saturated carbocycles. The number of likely N-dealkylation sites (tertiary alicyclic amines) is 1. The van der Waals surface area contributed by atoms with Crippen LogP contribution in [0.5, 0.6) is 0 Å². The quantitative estimate of drug-likeness (QED) is 0.680. The summed E-state index contributed by atoms with van der Waals surface area (Å²) < 4.78 is 23.2. The lowest BCUT2D eigenvalue weighted by atomic mass is 10.0. The van der Waals surface area contributed by atoms with E-state index >= 15 is 0 Å². The average molecular weight is 326 g/mol. The SMILES string of the molecule is CC1=CCCN(C(=O)[C@H]2CC(=O)N([C@H]3CCS(=O)(=O)C3)C2)C1. The first kappa shape index (κ1) is 15.5. The van der Waals surface area contributed by atoms with Crippen molar-refractivity contribution >= 4 is 21.7 Å². The van der Waals surface area contributed by atoms with Crippen LogP contribution in [0.1, 0.15) is 26.2 Å². The Morgan fingerprint density at radius 3 is 2.77 bits per heavy atom. The molecular weight excluding hydrogens is 304 g/mol. The smallest absolute Gasteiger partial charge is 0.228 e. The number of rotatable bonds is 2. The normalized spacial score (nSPS) is 31.5. The fraction of sp³-hybridized carbons (Fsp3) is 0.733. The van der Waals surface area contributed by atoms with Crippen molar-refractivity contribution in [3.8, 4) is 0 Å². The first-order valence-electron chi connectivity index (χ1n) is 7.80. The van der Waals surface area contributed by atoms with Gasteiger partial charge in [-0.05, 0) is 19.8 Å². The van der Waals surface area contributed by atoms with Gasteiger partial charge in [-0.25, -0.2) is 8.42 Å². The number of hydrogen-bond acceptors (Lipinski definition) is 4. The van der Waals surface area contributed by atoms with Crippen LogP contribution >= 0.6 is 0 Å². The maximum atomic E-state index is 12.6. The maximum Gasteiger partial charge on any atom is 0.228 e. The topological polar surface area (TPSA) is 74.8 Å². The van der Waals surface area contributed by atoms with Crippen molar-refractivity contribution in [1.29, 1.82) is 0 Å². The summed E-state index contributed by atoms with van der Waals surface area (Å²) in [6.45, 7) is 3.73. The molecule has 3 rings (SSSR count). The van der Waals surface area contributed by atoms with Gasteiger partial charge in [0.15, 0.2) is 9.84 Å². The van der Waals surface area contributed by atoms with Crippen LogP contribution in [0.15, 0.2) is 11.6 Å². The molecule has 0 aromatic heterocycles. The number of amides is 2. The molecule has 0 aliphatic carbocycles. The van der Waals surface area contributed by atoms with Crippen LogP contribution < -0.4 is 0 Å². The van der Waals surface area contributed by atoms with E-state index in [1.165, 1.54) is 5.57 Å². The molecule has 3 aliphatic rings. The van der Waals surface area contributed by atoms with Gasteiger partial charge < -0.3 is 9.80 Å². The van der Waals surface area contributed by atoms with Gasteiger partial charge in [-0.15, -0.1) is 0 Å². The third kappa shape index (κ3) is 3.04. The molecular formula is C15H22N2O4S. The minimum Gasteiger partial charge on any atom is -0.338 e. The van der Waals surface area contributed by atoms with Gasteiger partial charge in [0.05, 0.1) is 17.4 Å². The Balaban J connectivity index is 1.64. The average Bonchev–Trinajstić information content (AvgIpc) is 3.00. The number of sulfone groups is 1. The molecule has 2 fully saturated rings. The summed E-state index contributed by atoms with van der Waals surface area (Å²) in [5.41, 5.74) is 1.18. The summed E-state index contributed by atoms with van der Waals surface area (Å²) in [4.78, 5) is 28.2. The lowest BCUT2D eigenvalue weighted by molar-refractivity contribution is -0.135. The molecule has 7 heteroatoms. The first-order chi connectivity index (χ1) is 10.4.